The van der Waals surface area contributed by atoms with Gasteiger partial charge in [-0.05, 0) is 12.8 Å². The third-order valence-electron chi connectivity index (χ3n) is 1.40. The molecule has 0 aromatic carbocycles. The molecule has 1 rings (SSSR count). The Labute approximate surface area is 98.2 Å². The van der Waals surface area contributed by atoms with Crippen molar-refractivity contribution in [2.24, 2.45) is 0 Å². The second kappa shape index (κ2) is 5.86. The predicted octanol–water partition coefficient (Wildman–Crippen LogP) is -2.32. The summed E-state index contributed by atoms with van der Waals surface area (Å²) in [6, 6.07) is 0. The van der Waals surface area contributed by atoms with Gasteiger partial charge < -0.3 is 5.32 Å². The van der Waals surface area contributed by atoms with Crippen molar-refractivity contribution in [2.75, 3.05) is 6.54 Å². The molecule has 0 spiro atoms. The number of carbonyl (C=O) groups is 1. The molecule has 0 radical (unpaired) electrons. The van der Waals surface area contributed by atoms with Crippen LogP contribution in [0.2, 0.25) is 0 Å². The molecule has 1 aliphatic heterocycles. The van der Waals surface area contributed by atoms with Gasteiger partial charge in [-0.1, -0.05) is 6.42 Å². The van der Waals surface area contributed by atoms with E-state index in [0.717, 1.165) is 25.8 Å². The van der Waals surface area contributed by atoms with Crippen LogP contribution < -0.4 is 56.7 Å². The maximum absolute atomic E-state index is 10.6. The molecule has 2 nitrogen and oxygen atoms in total. The van der Waals surface area contributed by atoms with E-state index in [9.17, 15) is 4.79 Å². The number of rotatable bonds is 0. The molecule has 1 aliphatic rings. The van der Waals surface area contributed by atoms with Crippen molar-refractivity contribution in [1.29, 1.82) is 0 Å². The van der Waals surface area contributed by atoms with E-state index >= 15 is 0 Å². The quantitative estimate of drug-likeness (QED) is 0.388. The van der Waals surface area contributed by atoms with Crippen LogP contribution in [0.1, 0.15) is 25.7 Å². The molecule has 0 bridgehead atoms. The van der Waals surface area contributed by atoms with Crippen LogP contribution in [0, 0.1) is 0 Å². The van der Waals surface area contributed by atoms with Gasteiger partial charge in [0.05, 0.1) is 0 Å². The summed E-state index contributed by atoms with van der Waals surface area (Å²) in [4.78, 5) is 10.6. The van der Waals surface area contributed by atoms with Gasteiger partial charge >= 0.3 is 51.4 Å². The minimum atomic E-state index is 0. The van der Waals surface area contributed by atoms with Crippen molar-refractivity contribution in [3.63, 3.8) is 0 Å². The van der Waals surface area contributed by atoms with Crippen LogP contribution in [0.4, 0.5) is 0 Å². The van der Waals surface area contributed by atoms with Crippen molar-refractivity contribution in [2.45, 2.75) is 25.7 Å². The Hall–Kier alpha value is 1.11. The summed E-state index contributed by atoms with van der Waals surface area (Å²) in [6.07, 6.45) is 4.18. The topological polar surface area (TPSA) is 29.1 Å². The largest absolute Gasteiger partial charge is 1.00 e. The molecular formula is C6H11KNO+. The van der Waals surface area contributed by atoms with Gasteiger partial charge in [0.15, 0.2) is 0 Å². The van der Waals surface area contributed by atoms with Crippen molar-refractivity contribution >= 4 is 5.91 Å². The normalized spacial score (nSPS) is 19.3. The van der Waals surface area contributed by atoms with Crippen molar-refractivity contribution < 1.29 is 56.2 Å². The molecule has 9 heavy (non-hydrogen) atoms. The Bertz CT molecular complexity index is 85.1. The number of nitrogens with one attached hydrogen (secondary N) is 1. The Kier molecular flexibility index (Phi) is 6.58. The predicted molar refractivity (Wildman–Crippen MR) is 31.5 cm³/mol. The molecule has 0 atom stereocenters. The Morgan fingerprint density at radius 2 is 2.00 bits per heavy atom. The zero-order valence-corrected chi connectivity index (χ0v) is 9.07. The van der Waals surface area contributed by atoms with E-state index in [-0.39, 0.29) is 57.3 Å². The van der Waals surface area contributed by atoms with Gasteiger partial charge in [0.25, 0.3) is 0 Å². The van der Waals surface area contributed by atoms with E-state index < -0.39 is 0 Å². The van der Waals surface area contributed by atoms with E-state index in [2.05, 4.69) is 5.32 Å². The summed E-state index contributed by atoms with van der Waals surface area (Å²) in [5, 5.41) is 2.81. The van der Waals surface area contributed by atoms with Gasteiger partial charge in [-0.2, -0.15) is 0 Å². The molecule has 1 saturated heterocycles. The average molecular weight is 152 g/mol. The van der Waals surface area contributed by atoms with Gasteiger partial charge in [-0.15, -0.1) is 0 Å². The Morgan fingerprint density at radius 3 is 2.78 bits per heavy atom. The first-order valence-corrected chi connectivity index (χ1v) is 3.16. The van der Waals surface area contributed by atoms with Crippen molar-refractivity contribution in [3.05, 3.63) is 0 Å². The van der Waals surface area contributed by atoms with E-state index in [0.29, 0.717) is 0 Å². The van der Waals surface area contributed by atoms with Crippen LogP contribution in [-0.2, 0) is 4.79 Å². The summed E-state index contributed by atoms with van der Waals surface area (Å²) >= 11 is 0. The van der Waals surface area contributed by atoms with Crippen molar-refractivity contribution in [3.8, 4) is 0 Å². The Morgan fingerprint density at radius 1 is 1.22 bits per heavy atom. The number of hydrogen-bond acceptors (Lipinski definition) is 1. The summed E-state index contributed by atoms with van der Waals surface area (Å²) in [5.74, 6) is 0.225. The first-order valence-electron chi connectivity index (χ1n) is 3.16. The maximum atomic E-state index is 10.6. The van der Waals surface area contributed by atoms with Crippen LogP contribution in [0.15, 0.2) is 0 Å². The fourth-order valence-corrected chi connectivity index (χ4v) is 0.904. The van der Waals surface area contributed by atoms with Crippen LogP contribution >= 0.6 is 0 Å². The first kappa shape index (κ1) is 10.1. The summed E-state index contributed by atoms with van der Waals surface area (Å²) in [5.41, 5.74) is 0. The zero-order chi connectivity index (χ0) is 5.82. The zero-order valence-electron chi connectivity index (χ0n) is 5.94. The molecule has 1 amide bonds. The molecule has 1 fully saturated rings. The van der Waals surface area contributed by atoms with Gasteiger partial charge in [0.2, 0.25) is 5.91 Å². The fraction of sp³-hybridized carbons (Fsp3) is 0.833. The molecular weight excluding hydrogens is 141 g/mol. The van der Waals surface area contributed by atoms with Crippen LogP contribution in [-0.4, -0.2) is 12.5 Å². The second-order valence-corrected chi connectivity index (χ2v) is 2.16. The number of carbonyl (C=O) groups excluding carboxylic acids is 1. The van der Waals surface area contributed by atoms with Gasteiger partial charge in [-0.25, -0.2) is 0 Å². The SMILES string of the molecule is O=C1CCCCCN1.[K+]. The summed E-state index contributed by atoms with van der Waals surface area (Å²) in [7, 11) is 0. The van der Waals surface area contributed by atoms with Crippen LogP contribution in [0.3, 0.4) is 0 Å². The van der Waals surface area contributed by atoms with Crippen molar-refractivity contribution in [1.82, 2.24) is 5.32 Å². The van der Waals surface area contributed by atoms with E-state index in [1.807, 2.05) is 0 Å². The molecule has 0 unspecified atom stereocenters. The third kappa shape index (κ3) is 4.50. The number of amides is 1. The monoisotopic (exact) mass is 152 g/mol. The third-order valence-corrected chi connectivity index (χ3v) is 1.40. The Balaban J connectivity index is 0.000000640. The molecule has 0 aliphatic carbocycles. The molecule has 46 valence electrons. The van der Waals surface area contributed by atoms with Gasteiger partial charge in [0.1, 0.15) is 0 Å². The minimum absolute atomic E-state index is 0. The molecule has 0 saturated carbocycles. The van der Waals surface area contributed by atoms with Gasteiger partial charge in [0, 0.05) is 13.0 Å². The van der Waals surface area contributed by atoms with Crippen LogP contribution in [0.25, 0.3) is 0 Å². The van der Waals surface area contributed by atoms with Gasteiger partial charge in [-0.3, -0.25) is 4.79 Å². The van der Waals surface area contributed by atoms with E-state index in [4.69, 9.17) is 0 Å². The smallest absolute Gasteiger partial charge is 0.356 e. The van der Waals surface area contributed by atoms with E-state index in [1.54, 1.807) is 0 Å². The first-order chi connectivity index (χ1) is 3.89. The summed E-state index contributed by atoms with van der Waals surface area (Å²) in [6.45, 7) is 0.888. The molecule has 0 aromatic heterocycles. The molecule has 1 N–H and O–H groups in total. The summed E-state index contributed by atoms with van der Waals surface area (Å²) < 4.78 is 0. The maximum Gasteiger partial charge on any atom is 1.00 e. The fourth-order valence-electron chi connectivity index (χ4n) is 0.904. The average Bonchev–Trinajstić information content (AvgIpc) is 1.94. The number of hydrogen-bond donors (Lipinski definition) is 1. The second-order valence-electron chi connectivity index (χ2n) is 2.16. The van der Waals surface area contributed by atoms with E-state index in [1.165, 1.54) is 6.42 Å². The molecule has 3 heteroatoms. The molecule has 1 heterocycles. The molecule has 0 aromatic rings. The minimum Gasteiger partial charge on any atom is -0.356 e. The van der Waals surface area contributed by atoms with Crippen LogP contribution in [0.5, 0.6) is 0 Å². The standard InChI is InChI=1S/C6H11NO.K/c8-6-4-2-1-3-5-7-6;/h1-5H2,(H,7,8);/q;+1.